The molecular formula is C17H24N2OS. The second-order valence-corrected chi connectivity index (χ2v) is 6.95. The van der Waals surface area contributed by atoms with Crippen LogP contribution in [0.25, 0.3) is 0 Å². The molecule has 1 aromatic carbocycles. The monoisotopic (exact) mass is 304 g/mol. The molecule has 2 aliphatic rings. The molecule has 2 unspecified atom stereocenters. The highest BCUT2D eigenvalue weighted by molar-refractivity contribution is 7.98. The summed E-state index contributed by atoms with van der Waals surface area (Å²) in [5, 5.41) is 3.51. The molecule has 2 fully saturated rings. The first-order valence-corrected chi connectivity index (χ1v) is 9.16. The molecule has 3 rings (SSSR count). The van der Waals surface area contributed by atoms with Crippen LogP contribution in [0.15, 0.2) is 29.2 Å². The summed E-state index contributed by atoms with van der Waals surface area (Å²) in [4.78, 5) is 15.9. The van der Waals surface area contributed by atoms with E-state index in [9.17, 15) is 4.79 Å². The maximum absolute atomic E-state index is 12.5. The van der Waals surface area contributed by atoms with E-state index in [1.54, 1.807) is 11.8 Å². The molecular weight excluding hydrogens is 280 g/mol. The number of carbonyl (C=O) groups excluding carboxylic acids is 1. The van der Waals surface area contributed by atoms with E-state index in [2.05, 4.69) is 47.7 Å². The van der Waals surface area contributed by atoms with Crippen molar-refractivity contribution in [2.24, 2.45) is 5.92 Å². The number of nitrogens with zero attached hydrogens (tertiary/aromatic N) is 1. The number of benzene rings is 1. The molecule has 0 radical (unpaired) electrons. The van der Waals surface area contributed by atoms with E-state index >= 15 is 0 Å². The first-order valence-electron chi connectivity index (χ1n) is 7.93. The molecule has 1 saturated heterocycles. The lowest BCUT2D eigenvalue weighted by molar-refractivity contribution is -0.130. The Morgan fingerprint density at radius 3 is 2.57 bits per heavy atom. The lowest BCUT2D eigenvalue weighted by Gasteiger charge is -2.24. The largest absolute Gasteiger partial charge is 0.322 e. The van der Waals surface area contributed by atoms with Gasteiger partial charge in [0.2, 0.25) is 5.91 Å². The predicted octanol–water partition coefficient (Wildman–Crippen LogP) is 3.42. The molecule has 21 heavy (non-hydrogen) atoms. The Morgan fingerprint density at radius 2 is 2.00 bits per heavy atom. The third-order valence-corrected chi connectivity index (χ3v) is 5.31. The summed E-state index contributed by atoms with van der Waals surface area (Å²) in [6, 6.07) is 8.57. The van der Waals surface area contributed by atoms with Crippen LogP contribution in [0, 0.1) is 5.92 Å². The molecule has 114 valence electrons. The Labute approximate surface area is 131 Å². The molecule has 0 spiro atoms. The third kappa shape index (κ3) is 3.27. The topological polar surface area (TPSA) is 32.3 Å². The quantitative estimate of drug-likeness (QED) is 0.817. The maximum Gasteiger partial charge on any atom is 0.241 e. The van der Waals surface area contributed by atoms with Gasteiger partial charge in [-0.25, -0.2) is 0 Å². The summed E-state index contributed by atoms with van der Waals surface area (Å²) in [6.45, 7) is 2.97. The number of hydrogen-bond donors (Lipinski definition) is 1. The first kappa shape index (κ1) is 14.9. The summed E-state index contributed by atoms with van der Waals surface area (Å²) in [7, 11) is 0. The van der Waals surface area contributed by atoms with Crippen LogP contribution >= 0.6 is 11.8 Å². The van der Waals surface area contributed by atoms with Crippen molar-refractivity contribution < 1.29 is 4.79 Å². The van der Waals surface area contributed by atoms with Crippen LogP contribution in [0.2, 0.25) is 0 Å². The van der Waals surface area contributed by atoms with Crippen molar-refractivity contribution in [3.63, 3.8) is 0 Å². The summed E-state index contributed by atoms with van der Waals surface area (Å²) < 4.78 is 0. The highest BCUT2D eigenvalue weighted by atomic mass is 32.2. The zero-order valence-corrected chi connectivity index (χ0v) is 13.7. The van der Waals surface area contributed by atoms with Crippen LogP contribution in [-0.4, -0.2) is 29.6 Å². The maximum atomic E-state index is 12.5. The van der Waals surface area contributed by atoms with Gasteiger partial charge in [-0.2, -0.15) is 0 Å². The lowest BCUT2D eigenvalue weighted by atomic mass is 10.1. The number of nitrogens with one attached hydrogen (secondary N) is 1. The zero-order valence-electron chi connectivity index (χ0n) is 12.8. The lowest BCUT2D eigenvalue weighted by Crippen LogP contribution is -2.32. The highest BCUT2D eigenvalue weighted by Gasteiger charge is 2.39. The van der Waals surface area contributed by atoms with Gasteiger partial charge >= 0.3 is 0 Å². The highest BCUT2D eigenvalue weighted by Crippen LogP contribution is 2.35. The normalized spacial score (nSPS) is 25.6. The predicted molar refractivity (Wildman–Crippen MR) is 87.2 cm³/mol. The molecule has 1 aromatic rings. The van der Waals surface area contributed by atoms with Crippen LogP contribution in [0.4, 0.5) is 0 Å². The molecule has 4 heteroatoms. The van der Waals surface area contributed by atoms with Gasteiger partial charge in [-0.05, 0) is 42.7 Å². The van der Waals surface area contributed by atoms with Crippen LogP contribution in [0.5, 0.6) is 0 Å². The average molecular weight is 304 g/mol. The minimum Gasteiger partial charge on any atom is -0.322 e. The minimum absolute atomic E-state index is 0.0190. The van der Waals surface area contributed by atoms with Crippen LogP contribution < -0.4 is 5.32 Å². The fourth-order valence-electron chi connectivity index (χ4n) is 3.00. The molecule has 2 atom stereocenters. The van der Waals surface area contributed by atoms with Gasteiger partial charge in [-0.15, -0.1) is 11.8 Å². The summed E-state index contributed by atoms with van der Waals surface area (Å²) in [5.74, 6) is 1.13. The molecule has 1 heterocycles. The molecule has 3 nitrogen and oxygen atoms in total. The average Bonchev–Trinajstić information content (AvgIpc) is 3.29. The Bertz CT molecular complexity index is 498. The van der Waals surface area contributed by atoms with Crippen molar-refractivity contribution in [3.05, 3.63) is 29.8 Å². The van der Waals surface area contributed by atoms with Crippen molar-refractivity contribution in [2.75, 3.05) is 12.8 Å². The van der Waals surface area contributed by atoms with Crippen molar-refractivity contribution in [1.29, 1.82) is 0 Å². The molecule has 1 N–H and O–H groups in total. The Balaban J connectivity index is 1.76. The molecule has 1 aliphatic heterocycles. The second kappa shape index (κ2) is 6.41. The van der Waals surface area contributed by atoms with Crippen LogP contribution in [0.3, 0.4) is 0 Å². The van der Waals surface area contributed by atoms with Gasteiger partial charge in [-0.1, -0.05) is 31.9 Å². The number of amides is 1. The van der Waals surface area contributed by atoms with Crippen molar-refractivity contribution in [1.82, 2.24) is 10.2 Å². The van der Waals surface area contributed by atoms with E-state index in [4.69, 9.17) is 0 Å². The molecule has 0 aromatic heterocycles. The number of hydrogen-bond acceptors (Lipinski definition) is 3. The molecule has 1 amide bonds. The fraction of sp³-hybridized carbons (Fsp3) is 0.588. The van der Waals surface area contributed by atoms with E-state index in [0.717, 1.165) is 25.3 Å². The van der Waals surface area contributed by atoms with Crippen LogP contribution in [-0.2, 0) is 4.79 Å². The SMILES string of the molecule is CCC1NC(c2ccc(SC)cc2)N(CCC2CC2)C1=O. The van der Waals surface area contributed by atoms with Gasteiger partial charge < -0.3 is 4.90 Å². The Kier molecular flexibility index (Phi) is 4.55. The van der Waals surface area contributed by atoms with Gasteiger partial charge in [0, 0.05) is 11.4 Å². The number of rotatable bonds is 6. The third-order valence-electron chi connectivity index (χ3n) is 4.57. The van der Waals surface area contributed by atoms with Crippen LogP contribution in [0.1, 0.15) is 44.3 Å². The standard InChI is InChI=1S/C17H24N2OS/c1-3-15-17(20)19(11-10-12-4-5-12)16(18-15)13-6-8-14(21-2)9-7-13/h6-9,12,15-16,18H,3-5,10-11H2,1-2H3. The van der Waals surface area contributed by atoms with Crippen molar-refractivity contribution in [2.45, 2.75) is 49.7 Å². The van der Waals surface area contributed by atoms with E-state index in [1.165, 1.54) is 23.3 Å². The second-order valence-electron chi connectivity index (χ2n) is 6.07. The van der Waals surface area contributed by atoms with E-state index < -0.39 is 0 Å². The molecule has 1 aliphatic carbocycles. The Hall–Kier alpha value is -1.00. The van der Waals surface area contributed by atoms with E-state index in [-0.39, 0.29) is 18.1 Å². The number of carbonyl (C=O) groups is 1. The van der Waals surface area contributed by atoms with Gasteiger partial charge in [-0.3, -0.25) is 10.1 Å². The zero-order chi connectivity index (χ0) is 14.8. The van der Waals surface area contributed by atoms with Crippen molar-refractivity contribution >= 4 is 17.7 Å². The van der Waals surface area contributed by atoms with Gasteiger partial charge in [0.05, 0.1) is 6.04 Å². The number of thioether (sulfide) groups is 1. The molecule has 1 saturated carbocycles. The molecule has 0 bridgehead atoms. The Morgan fingerprint density at radius 1 is 1.29 bits per heavy atom. The minimum atomic E-state index is -0.0190. The smallest absolute Gasteiger partial charge is 0.241 e. The van der Waals surface area contributed by atoms with Crippen molar-refractivity contribution in [3.8, 4) is 0 Å². The van der Waals surface area contributed by atoms with E-state index in [1.807, 2.05) is 0 Å². The summed E-state index contributed by atoms with van der Waals surface area (Å²) in [5.41, 5.74) is 1.20. The first-order chi connectivity index (χ1) is 10.2. The fourth-order valence-corrected chi connectivity index (χ4v) is 3.41. The van der Waals surface area contributed by atoms with Gasteiger partial charge in [0.1, 0.15) is 6.17 Å². The van der Waals surface area contributed by atoms with E-state index in [0.29, 0.717) is 0 Å². The summed E-state index contributed by atoms with van der Waals surface area (Å²) in [6.07, 6.45) is 6.85. The van der Waals surface area contributed by atoms with Gasteiger partial charge in [0.15, 0.2) is 0 Å². The summed E-state index contributed by atoms with van der Waals surface area (Å²) >= 11 is 1.75. The van der Waals surface area contributed by atoms with Gasteiger partial charge in [0.25, 0.3) is 0 Å².